The fourth-order valence-corrected chi connectivity index (χ4v) is 7.97. The number of nitrogens with one attached hydrogen (secondary N) is 1. The molecule has 0 spiro atoms. The molecule has 1 saturated heterocycles. The summed E-state index contributed by atoms with van der Waals surface area (Å²) >= 11 is 0. The van der Waals surface area contributed by atoms with Gasteiger partial charge in [-0.2, -0.15) is 0 Å². The van der Waals surface area contributed by atoms with Gasteiger partial charge in [-0.25, -0.2) is 0 Å². The molecule has 9 heteroatoms. The van der Waals surface area contributed by atoms with Crippen molar-refractivity contribution in [2.75, 3.05) is 13.2 Å². The summed E-state index contributed by atoms with van der Waals surface area (Å²) in [6, 6.07) is -0.798. The van der Waals surface area contributed by atoms with Crippen LogP contribution >= 0.6 is 0 Å². The summed E-state index contributed by atoms with van der Waals surface area (Å²) in [6.45, 7) is 3.72. The fraction of sp³-hybridized carbons (Fsp3) is 0.900. The van der Waals surface area contributed by atoms with Gasteiger partial charge in [0.2, 0.25) is 5.91 Å². The topological polar surface area (TPSA) is 149 Å². The van der Waals surface area contributed by atoms with Crippen LogP contribution in [0.3, 0.4) is 0 Å². The van der Waals surface area contributed by atoms with Crippen molar-refractivity contribution >= 4 is 5.91 Å². The average Bonchev–Trinajstić information content (AvgIpc) is 3.23. The van der Waals surface area contributed by atoms with Crippen LogP contribution in [-0.2, 0) is 14.3 Å². The van der Waals surface area contributed by atoms with Gasteiger partial charge in [-0.3, -0.25) is 4.79 Å². The van der Waals surface area contributed by atoms with E-state index in [0.29, 0.717) is 6.42 Å². The van der Waals surface area contributed by atoms with Crippen LogP contribution in [0, 0.1) is 0 Å². The first-order valence-electron chi connectivity index (χ1n) is 25.1. The Kier molecular flexibility index (Phi) is 38.4. The van der Waals surface area contributed by atoms with E-state index in [1.807, 2.05) is 6.08 Å². The first-order chi connectivity index (χ1) is 28.8. The SMILES string of the molecule is CCCCCCC/C=C/C(O)C(COC1OC(CO)C(O)C(O)C1O)NC(=O)CCCCCCCCCCCCCCCCCCC/C=C\CCCCCCCCCC. The molecule has 1 fully saturated rings. The van der Waals surface area contributed by atoms with E-state index in [9.17, 15) is 30.3 Å². The molecule has 7 unspecified atom stereocenters. The Bertz CT molecular complexity index is 977. The Morgan fingerprint density at radius 3 is 1.37 bits per heavy atom. The molecule has 1 rings (SSSR count). The van der Waals surface area contributed by atoms with Crippen LogP contribution in [0.4, 0.5) is 0 Å². The van der Waals surface area contributed by atoms with Crippen molar-refractivity contribution in [3.8, 4) is 0 Å². The minimum atomic E-state index is -1.56. The minimum Gasteiger partial charge on any atom is -0.394 e. The van der Waals surface area contributed by atoms with Crippen molar-refractivity contribution in [2.24, 2.45) is 0 Å². The Labute approximate surface area is 362 Å². The van der Waals surface area contributed by atoms with Crippen LogP contribution in [-0.4, -0.2) is 87.5 Å². The normalized spacial score (nSPS) is 20.8. The quantitative estimate of drug-likeness (QED) is 0.0263. The van der Waals surface area contributed by atoms with Gasteiger partial charge in [0.25, 0.3) is 0 Å². The molecule has 9 nitrogen and oxygen atoms in total. The molecule has 0 bridgehead atoms. The van der Waals surface area contributed by atoms with Gasteiger partial charge in [-0.1, -0.05) is 205 Å². The standard InChI is InChI=1S/C50H95NO8/c1-3-5-7-9-11-12-13-14-15-16-17-18-19-20-21-22-23-24-25-26-27-28-29-30-31-32-34-36-38-40-46(54)51-43(44(53)39-37-35-33-10-8-6-4-2)42-58-50-49(57)48(56)47(55)45(41-52)59-50/h16-17,37,39,43-45,47-50,52-53,55-57H,3-15,18-36,38,40-42H2,1-2H3,(H,51,54)/b17-16-,39-37+. The highest BCUT2D eigenvalue weighted by molar-refractivity contribution is 5.76. The number of carbonyl (C=O) groups excluding carboxylic acids is 1. The third-order valence-electron chi connectivity index (χ3n) is 12.0. The predicted molar refractivity (Wildman–Crippen MR) is 244 cm³/mol. The van der Waals surface area contributed by atoms with Crippen LogP contribution in [0.5, 0.6) is 0 Å². The second kappa shape index (κ2) is 40.7. The predicted octanol–water partition coefficient (Wildman–Crippen LogP) is 11.1. The number of hydrogen-bond donors (Lipinski definition) is 6. The maximum Gasteiger partial charge on any atom is 0.220 e. The molecular weight excluding hydrogens is 743 g/mol. The van der Waals surface area contributed by atoms with E-state index in [2.05, 4.69) is 31.3 Å². The lowest BCUT2D eigenvalue weighted by Gasteiger charge is -2.40. The van der Waals surface area contributed by atoms with Crippen LogP contribution in [0.25, 0.3) is 0 Å². The van der Waals surface area contributed by atoms with Crippen LogP contribution < -0.4 is 5.32 Å². The third kappa shape index (κ3) is 31.2. The summed E-state index contributed by atoms with van der Waals surface area (Å²) < 4.78 is 11.2. The molecule has 0 aliphatic carbocycles. The number of carbonyl (C=O) groups is 1. The van der Waals surface area contributed by atoms with Gasteiger partial charge in [0.1, 0.15) is 24.4 Å². The average molecular weight is 838 g/mol. The van der Waals surface area contributed by atoms with Gasteiger partial charge in [0, 0.05) is 6.42 Å². The molecule has 348 valence electrons. The van der Waals surface area contributed by atoms with Gasteiger partial charge in [0.15, 0.2) is 6.29 Å². The van der Waals surface area contributed by atoms with Crippen molar-refractivity contribution in [2.45, 2.75) is 275 Å². The van der Waals surface area contributed by atoms with Gasteiger partial charge in [-0.15, -0.1) is 0 Å². The smallest absolute Gasteiger partial charge is 0.220 e. The zero-order valence-electron chi connectivity index (χ0n) is 38.3. The van der Waals surface area contributed by atoms with Crippen molar-refractivity contribution in [1.82, 2.24) is 5.32 Å². The third-order valence-corrected chi connectivity index (χ3v) is 12.0. The van der Waals surface area contributed by atoms with Gasteiger partial charge >= 0.3 is 0 Å². The molecule has 0 saturated carbocycles. The number of aliphatic hydroxyl groups excluding tert-OH is 5. The summed E-state index contributed by atoms with van der Waals surface area (Å²) in [6.07, 6.45) is 42.8. The van der Waals surface area contributed by atoms with E-state index in [4.69, 9.17) is 9.47 Å². The van der Waals surface area contributed by atoms with E-state index in [1.54, 1.807) is 6.08 Å². The summed E-state index contributed by atoms with van der Waals surface area (Å²) in [4.78, 5) is 12.9. The molecule has 1 aliphatic heterocycles. The number of amides is 1. The Balaban J connectivity index is 2.09. The van der Waals surface area contributed by atoms with Gasteiger partial charge in [0.05, 0.1) is 25.4 Å². The van der Waals surface area contributed by atoms with Crippen LogP contribution in [0.15, 0.2) is 24.3 Å². The molecule has 1 amide bonds. The van der Waals surface area contributed by atoms with E-state index < -0.39 is 49.5 Å². The first kappa shape index (κ1) is 55.7. The second-order valence-corrected chi connectivity index (χ2v) is 17.6. The lowest BCUT2D eigenvalue weighted by atomic mass is 9.99. The Hall–Kier alpha value is -1.33. The fourth-order valence-electron chi connectivity index (χ4n) is 7.97. The van der Waals surface area contributed by atoms with E-state index in [-0.39, 0.29) is 12.5 Å². The molecule has 0 aromatic heterocycles. The molecule has 59 heavy (non-hydrogen) atoms. The van der Waals surface area contributed by atoms with Gasteiger partial charge in [-0.05, 0) is 44.9 Å². The molecule has 6 N–H and O–H groups in total. The molecule has 0 radical (unpaired) electrons. The maximum atomic E-state index is 12.9. The number of ether oxygens (including phenoxy) is 2. The van der Waals surface area contributed by atoms with Crippen molar-refractivity contribution in [3.05, 3.63) is 24.3 Å². The lowest BCUT2D eigenvalue weighted by molar-refractivity contribution is -0.302. The number of aliphatic hydroxyl groups is 5. The summed E-state index contributed by atoms with van der Waals surface area (Å²) in [5, 5.41) is 53.9. The summed E-state index contributed by atoms with van der Waals surface area (Å²) in [5.41, 5.74) is 0. The number of unbranched alkanes of at least 4 members (excludes halogenated alkanes) is 30. The van der Waals surface area contributed by atoms with Crippen molar-refractivity contribution in [3.63, 3.8) is 0 Å². The van der Waals surface area contributed by atoms with Crippen LogP contribution in [0.1, 0.15) is 232 Å². The highest BCUT2D eigenvalue weighted by Crippen LogP contribution is 2.23. The zero-order chi connectivity index (χ0) is 43.0. The molecule has 7 atom stereocenters. The van der Waals surface area contributed by atoms with E-state index >= 15 is 0 Å². The summed E-state index contributed by atoms with van der Waals surface area (Å²) in [7, 11) is 0. The summed E-state index contributed by atoms with van der Waals surface area (Å²) in [5.74, 6) is -0.179. The van der Waals surface area contributed by atoms with E-state index in [0.717, 1.165) is 38.5 Å². The van der Waals surface area contributed by atoms with Crippen LogP contribution in [0.2, 0.25) is 0 Å². The Morgan fingerprint density at radius 2 is 0.949 bits per heavy atom. The monoisotopic (exact) mass is 838 g/mol. The van der Waals surface area contributed by atoms with Crippen molar-refractivity contribution < 1.29 is 39.8 Å². The highest BCUT2D eigenvalue weighted by Gasteiger charge is 2.44. The molecule has 0 aromatic carbocycles. The second-order valence-electron chi connectivity index (χ2n) is 17.6. The number of hydrogen-bond acceptors (Lipinski definition) is 8. The molecule has 1 heterocycles. The maximum absolute atomic E-state index is 12.9. The number of rotatable bonds is 42. The lowest BCUT2D eigenvalue weighted by Crippen LogP contribution is -2.60. The molecule has 0 aromatic rings. The highest BCUT2D eigenvalue weighted by atomic mass is 16.7. The van der Waals surface area contributed by atoms with Crippen molar-refractivity contribution in [1.29, 1.82) is 0 Å². The number of allylic oxidation sites excluding steroid dienone is 3. The molecular formula is C50H95NO8. The largest absolute Gasteiger partial charge is 0.394 e. The minimum absolute atomic E-state index is 0.179. The molecule has 1 aliphatic rings. The Morgan fingerprint density at radius 1 is 0.559 bits per heavy atom. The van der Waals surface area contributed by atoms with E-state index in [1.165, 1.54) is 173 Å². The van der Waals surface area contributed by atoms with Gasteiger partial charge < -0.3 is 40.3 Å². The zero-order valence-corrected chi connectivity index (χ0v) is 38.3. The first-order valence-corrected chi connectivity index (χ1v) is 25.1.